The Bertz CT molecular complexity index is 807. The van der Waals surface area contributed by atoms with Crippen molar-refractivity contribution in [2.45, 2.75) is 10.9 Å². The third-order valence-corrected chi connectivity index (χ3v) is 5.99. The molecule has 0 aromatic heterocycles. The summed E-state index contributed by atoms with van der Waals surface area (Å²) in [6.45, 7) is 3.84. The molecule has 2 aromatic carbocycles. The quantitative estimate of drug-likeness (QED) is 0.642. The molecule has 1 heterocycles. The summed E-state index contributed by atoms with van der Waals surface area (Å²) in [6, 6.07) is 13.9. The molecule has 3 rings (SSSR count). The van der Waals surface area contributed by atoms with Crippen molar-refractivity contribution in [1.29, 1.82) is 0 Å². The van der Waals surface area contributed by atoms with E-state index in [1.807, 2.05) is 36.6 Å². The summed E-state index contributed by atoms with van der Waals surface area (Å²) in [5.74, 6) is 1.29. The highest BCUT2D eigenvalue weighted by Crippen LogP contribution is 2.25. The van der Waals surface area contributed by atoms with E-state index >= 15 is 0 Å². The van der Waals surface area contributed by atoms with Crippen LogP contribution in [0, 0.1) is 0 Å². The number of ether oxygens (including phenoxy) is 3. The van der Waals surface area contributed by atoms with Gasteiger partial charge in [0.2, 0.25) is 0 Å². The lowest BCUT2D eigenvalue weighted by atomic mass is 10.0. The SMILES string of the molecule is COc1ccc([C@H](CNC(=O)c2ccc(SC)cc2OC)[NH+]2CCOCC2)cc1. The fourth-order valence-electron chi connectivity index (χ4n) is 3.59. The number of morpholine rings is 1. The molecule has 0 radical (unpaired) electrons. The zero-order valence-electron chi connectivity index (χ0n) is 17.2. The van der Waals surface area contributed by atoms with Crippen molar-refractivity contribution in [3.8, 4) is 11.5 Å². The number of carbonyl (C=O) groups excluding carboxylic acids is 1. The first-order chi connectivity index (χ1) is 14.2. The molecule has 0 spiro atoms. The van der Waals surface area contributed by atoms with E-state index < -0.39 is 0 Å². The number of benzene rings is 2. The molecule has 2 aromatic rings. The van der Waals surface area contributed by atoms with E-state index in [9.17, 15) is 4.79 Å². The number of thioether (sulfide) groups is 1. The predicted octanol–water partition coefficient (Wildman–Crippen LogP) is 1.81. The van der Waals surface area contributed by atoms with Gasteiger partial charge in [0.05, 0.1) is 39.5 Å². The van der Waals surface area contributed by atoms with Crippen LogP contribution in [0.25, 0.3) is 0 Å². The van der Waals surface area contributed by atoms with Crippen LogP contribution in [0.15, 0.2) is 47.4 Å². The average Bonchev–Trinajstić information content (AvgIpc) is 2.79. The molecule has 1 fully saturated rings. The van der Waals surface area contributed by atoms with Crippen LogP contribution in [0.5, 0.6) is 11.5 Å². The van der Waals surface area contributed by atoms with Gasteiger partial charge in [0, 0.05) is 10.5 Å². The van der Waals surface area contributed by atoms with Crippen LogP contribution in [0.2, 0.25) is 0 Å². The van der Waals surface area contributed by atoms with Crippen molar-refractivity contribution < 1.29 is 23.9 Å². The van der Waals surface area contributed by atoms with Crippen molar-refractivity contribution in [2.75, 3.05) is 53.3 Å². The summed E-state index contributed by atoms with van der Waals surface area (Å²) in [6.07, 6.45) is 2.00. The van der Waals surface area contributed by atoms with Crippen LogP contribution < -0.4 is 19.7 Å². The molecular formula is C22H29N2O4S+. The molecular weight excluding hydrogens is 388 g/mol. The Labute approximate surface area is 176 Å². The van der Waals surface area contributed by atoms with E-state index in [2.05, 4.69) is 17.4 Å². The number of nitrogens with one attached hydrogen (secondary N) is 2. The lowest BCUT2D eigenvalue weighted by Crippen LogP contribution is -3.15. The predicted molar refractivity (Wildman–Crippen MR) is 114 cm³/mol. The Balaban J connectivity index is 1.76. The van der Waals surface area contributed by atoms with E-state index in [4.69, 9.17) is 14.2 Å². The van der Waals surface area contributed by atoms with Crippen molar-refractivity contribution in [2.24, 2.45) is 0 Å². The first-order valence-electron chi connectivity index (χ1n) is 9.72. The van der Waals surface area contributed by atoms with Gasteiger partial charge in [0.25, 0.3) is 5.91 Å². The summed E-state index contributed by atoms with van der Waals surface area (Å²) in [4.78, 5) is 15.4. The maximum Gasteiger partial charge on any atom is 0.255 e. The minimum atomic E-state index is -0.124. The number of amides is 1. The van der Waals surface area contributed by atoms with Crippen LogP contribution in [-0.2, 0) is 4.74 Å². The smallest absolute Gasteiger partial charge is 0.255 e. The van der Waals surface area contributed by atoms with Gasteiger partial charge in [-0.25, -0.2) is 0 Å². The van der Waals surface area contributed by atoms with Gasteiger partial charge < -0.3 is 24.4 Å². The van der Waals surface area contributed by atoms with Gasteiger partial charge in [-0.2, -0.15) is 0 Å². The van der Waals surface area contributed by atoms with Crippen molar-refractivity contribution in [1.82, 2.24) is 5.32 Å². The first-order valence-corrected chi connectivity index (χ1v) is 10.9. The van der Waals surface area contributed by atoms with Crippen LogP contribution in [0.4, 0.5) is 0 Å². The molecule has 29 heavy (non-hydrogen) atoms. The highest BCUT2D eigenvalue weighted by Gasteiger charge is 2.27. The third-order valence-electron chi connectivity index (χ3n) is 5.27. The Morgan fingerprint density at radius 1 is 1.14 bits per heavy atom. The van der Waals surface area contributed by atoms with Crippen LogP contribution >= 0.6 is 11.8 Å². The number of quaternary nitrogens is 1. The van der Waals surface area contributed by atoms with E-state index in [1.165, 1.54) is 10.5 Å². The third kappa shape index (κ3) is 5.44. The molecule has 1 atom stereocenters. The molecule has 0 bridgehead atoms. The van der Waals surface area contributed by atoms with E-state index in [1.54, 1.807) is 26.0 Å². The average molecular weight is 418 g/mol. The molecule has 7 heteroatoms. The normalized spacial score (nSPS) is 15.6. The summed E-state index contributed by atoms with van der Waals surface area (Å²) in [5, 5.41) is 3.12. The van der Waals surface area contributed by atoms with E-state index in [-0.39, 0.29) is 11.9 Å². The Morgan fingerprint density at radius 3 is 2.48 bits per heavy atom. The fraction of sp³-hybridized carbons (Fsp3) is 0.409. The van der Waals surface area contributed by atoms with Crippen molar-refractivity contribution in [3.05, 3.63) is 53.6 Å². The number of rotatable bonds is 8. The molecule has 1 aliphatic rings. The largest absolute Gasteiger partial charge is 0.497 e. The monoisotopic (exact) mass is 417 g/mol. The lowest BCUT2D eigenvalue weighted by molar-refractivity contribution is -0.937. The van der Waals surface area contributed by atoms with Crippen molar-refractivity contribution in [3.63, 3.8) is 0 Å². The highest BCUT2D eigenvalue weighted by molar-refractivity contribution is 7.98. The summed E-state index contributed by atoms with van der Waals surface area (Å²) in [5.41, 5.74) is 1.73. The molecule has 156 valence electrons. The topological polar surface area (TPSA) is 61.2 Å². The van der Waals surface area contributed by atoms with Crippen LogP contribution in [0.1, 0.15) is 22.0 Å². The molecule has 1 aliphatic heterocycles. The number of carbonyl (C=O) groups is 1. The van der Waals surface area contributed by atoms with E-state index in [0.29, 0.717) is 17.9 Å². The number of hydrogen-bond acceptors (Lipinski definition) is 5. The molecule has 6 nitrogen and oxygen atoms in total. The maximum atomic E-state index is 12.9. The maximum absolute atomic E-state index is 12.9. The minimum Gasteiger partial charge on any atom is -0.497 e. The second-order valence-electron chi connectivity index (χ2n) is 6.87. The molecule has 0 saturated carbocycles. The van der Waals surface area contributed by atoms with Gasteiger partial charge in [-0.1, -0.05) is 0 Å². The van der Waals surface area contributed by atoms with Crippen LogP contribution in [-0.4, -0.2) is 59.2 Å². The highest BCUT2D eigenvalue weighted by atomic mass is 32.2. The Morgan fingerprint density at radius 2 is 1.86 bits per heavy atom. The fourth-order valence-corrected chi connectivity index (χ4v) is 4.02. The second-order valence-corrected chi connectivity index (χ2v) is 7.75. The van der Waals surface area contributed by atoms with Gasteiger partial charge in [-0.05, 0) is 48.7 Å². The molecule has 0 aliphatic carbocycles. The summed E-state index contributed by atoms with van der Waals surface area (Å²) >= 11 is 1.62. The Kier molecular flexibility index (Phi) is 7.80. The zero-order valence-corrected chi connectivity index (χ0v) is 18.0. The molecule has 1 saturated heterocycles. The van der Waals surface area contributed by atoms with Crippen LogP contribution in [0.3, 0.4) is 0 Å². The van der Waals surface area contributed by atoms with Gasteiger partial charge in [-0.15, -0.1) is 11.8 Å². The zero-order chi connectivity index (χ0) is 20.6. The summed E-state index contributed by atoms with van der Waals surface area (Å²) in [7, 11) is 3.25. The number of methoxy groups -OCH3 is 2. The van der Waals surface area contributed by atoms with Gasteiger partial charge in [0.15, 0.2) is 0 Å². The van der Waals surface area contributed by atoms with Gasteiger partial charge >= 0.3 is 0 Å². The standard InChI is InChI=1S/C22H28N2O4S/c1-26-17-6-4-16(5-7-17)20(24-10-12-28-13-11-24)15-23-22(25)19-9-8-18(29-3)14-21(19)27-2/h4-9,14,20H,10-13,15H2,1-3H3,(H,23,25)/p+1/t20-/m0/s1. The van der Waals surface area contributed by atoms with Crippen molar-refractivity contribution >= 4 is 17.7 Å². The lowest BCUT2D eigenvalue weighted by Gasteiger charge is -2.32. The van der Waals surface area contributed by atoms with E-state index in [0.717, 1.165) is 36.9 Å². The first kappa shape index (κ1) is 21.5. The van der Waals surface area contributed by atoms with Gasteiger partial charge in [0.1, 0.15) is 30.6 Å². The second kappa shape index (κ2) is 10.5. The number of hydrogen-bond donors (Lipinski definition) is 2. The van der Waals surface area contributed by atoms with Gasteiger partial charge in [-0.3, -0.25) is 4.79 Å². The molecule has 2 N–H and O–H groups in total. The summed E-state index contributed by atoms with van der Waals surface area (Å²) < 4.78 is 16.2. The molecule has 0 unspecified atom stereocenters. The molecule has 1 amide bonds. The minimum absolute atomic E-state index is 0.124. The Hall–Kier alpha value is -2.22.